The van der Waals surface area contributed by atoms with Gasteiger partial charge in [-0.3, -0.25) is 0 Å². The van der Waals surface area contributed by atoms with Crippen molar-refractivity contribution in [3.05, 3.63) is 58.7 Å². The number of alkyl halides is 9. The number of phenolic OH excluding ortho intramolecular Hbond substituents is 2. The molecule has 0 spiro atoms. The van der Waals surface area contributed by atoms with Crippen LogP contribution < -0.4 is 5.11 Å². The Balaban J connectivity index is 0.000000363. The summed E-state index contributed by atoms with van der Waals surface area (Å²) in [5, 5.41) is 31.3. The molecule has 2 aromatic rings. The Bertz CT molecular complexity index is 1380. The van der Waals surface area contributed by atoms with Gasteiger partial charge in [-0.25, -0.2) is 13.2 Å². The largest absolute Gasteiger partial charge is 0.795 e. The monoisotopic (exact) mass is 728 g/mol. The normalized spacial score (nSPS) is 21.6. The first-order valence-electron chi connectivity index (χ1n) is 14.6. The van der Waals surface area contributed by atoms with Crippen molar-refractivity contribution in [2.45, 2.75) is 114 Å². The zero-order valence-electron chi connectivity index (χ0n) is 26.5. The van der Waals surface area contributed by atoms with E-state index in [9.17, 15) is 54.8 Å². The van der Waals surface area contributed by atoms with Crippen molar-refractivity contribution >= 4 is 12.4 Å². The Labute approximate surface area is 273 Å². The van der Waals surface area contributed by atoms with Crippen LogP contribution in [-0.2, 0) is 26.0 Å². The summed E-state index contributed by atoms with van der Waals surface area (Å²) in [6.45, 7) is 12.8. The average molecular weight is 729 g/mol. The third-order valence-corrected chi connectivity index (χ3v) is 9.34. The summed E-state index contributed by atoms with van der Waals surface area (Å²) < 4.78 is 107. The second-order valence-electron chi connectivity index (χ2n) is 13.5. The van der Waals surface area contributed by atoms with Gasteiger partial charge in [0, 0.05) is 0 Å². The van der Waals surface area contributed by atoms with Crippen LogP contribution in [-0.4, -0.2) is 66.1 Å². The van der Waals surface area contributed by atoms with Gasteiger partial charge in [-0.05, 0) is 0 Å². The number of rotatable bonds is 3. The Hall–Kier alpha value is -2.78. The molecule has 5 nitrogen and oxygen atoms in total. The predicted octanol–water partition coefficient (Wildman–Crippen LogP) is 7.27. The van der Waals surface area contributed by atoms with E-state index < -0.39 is 24.1 Å². The van der Waals surface area contributed by atoms with Crippen LogP contribution in [0.5, 0.6) is 11.5 Å². The average Bonchev–Trinajstić information content (AvgIpc) is 3.24. The van der Waals surface area contributed by atoms with Crippen LogP contribution in [0.25, 0.3) is 0 Å². The molecule has 0 amide bonds. The Kier molecular flexibility index (Phi) is 10.9. The first-order valence-corrected chi connectivity index (χ1v) is 15.6. The van der Waals surface area contributed by atoms with Crippen LogP contribution in [0.15, 0.2) is 36.4 Å². The van der Waals surface area contributed by atoms with Crippen LogP contribution in [0.4, 0.5) is 39.5 Å². The number of phenols is 2. The van der Waals surface area contributed by atoms with Gasteiger partial charge >= 0.3 is 223 Å². The number of halogens is 9. The minimum atomic E-state index is -7.08. The molecule has 15 heteroatoms. The predicted molar refractivity (Wildman–Crippen MR) is 151 cm³/mol. The number of hydrogen-bond donors (Lipinski definition) is 2. The molecule has 1 heterocycles. The third-order valence-electron chi connectivity index (χ3n) is 7.90. The fraction of sp³-hybridized carbons (Fsp3) is 0.562. The molecule has 1 aliphatic heterocycles. The van der Waals surface area contributed by atoms with Crippen molar-refractivity contribution in [1.29, 1.82) is 0 Å². The molecule has 265 valence electrons. The number of para-hydroxylation sites is 2. The molecule has 2 fully saturated rings. The summed E-state index contributed by atoms with van der Waals surface area (Å²) in [6, 6.07) is 12.9. The second-order valence-corrected chi connectivity index (χ2v) is 14.8. The number of nitrogens with zero attached hydrogens (tertiary/aromatic N) is 2. The summed E-state index contributed by atoms with van der Waals surface area (Å²) in [5.74, 6) is 0.759. The van der Waals surface area contributed by atoms with E-state index in [0.29, 0.717) is 23.6 Å². The van der Waals surface area contributed by atoms with Gasteiger partial charge in [-0.15, -0.1) is 0 Å². The molecule has 2 unspecified atom stereocenters. The first kappa shape index (κ1) is 38.7. The molecule has 2 aliphatic rings. The van der Waals surface area contributed by atoms with Crippen molar-refractivity contribution in [2.24, 2.45) is 0 Å². The fourth-order valence-corrected chi connectivity index (χ4v) is 6.97. The van der Waals surface area contributed by atoms with E-state index in [1.165, 1.54) is 12.8 Å². The van der Waals surface area contributed by atoms with Crippen LogP contribution in [0.3, 0.4) is 0 Å². The number of benzene rings is 2. The van der Waals surface area contributed by atoms with Crippen molar-refractivity contribution in [3.8, 4) is 11.5 Å². The van der Waals surface area contributed by atoms with Crippen molar-refractivity contribution in [3.63, 3.8) is 0 Å². The second kappa shape index (κ2) is 13.3. The van der Waals surface area contributed by atoms with E-state index in [1.807, 2.05) is 36.4 Å². The molecule has 2 N–H and O–H groups in total. The van der Waals surface area contributed by atoms with Gasteiger partial charge in [0.1, 0.15) is 0 Å². The maximum Gasteiger partial charge on any atom is 0.436 e. The molecule has 1 aliphatic carbocycles. The maximum absolute atomic E-state index is 12.0. The number of fused-ring (bicyclic) bond motifs is 1. The van der Waals surface area contributed by atoms with Crippen molar-refractivity contribution in [2.75, 3.05) is 0 Å². The first-order chi connectivity index (χ1) is 21.2. The molecule has 2 atom stereocenters. The van der Waals surface area contributed by atoms with E-state index in [4.69, 9.17) is 0 Å². The van der Waals surface area contributed by atoms with Gasteiger partial charge in [-0.2, -0.15) is 26.3 Å². The van der Waals surface area contributed by atoms with Crippen molar-refractivity contribution in [1.82, 2.24) is 0 Å². The molecule has 0 aromatic heterocycles. The third kappa shape index (κ3) is 8.10. The summed E-state index contributed by atoms with van der Waals surface area (Å²) >= 11 is 1.10. The fourth-order valence-electron chi connectivity index (χ4n) is 5.34. The van der Waals surface area contributed by atoms with E-state index >= 15 is 0 Å². The van der Waals surface area contributed by atoms with Gasteiger partial charge in [0.15, 0.2) is 0 Å². The molecular weight excluding hydrogens is 690 g/mol. The van der Waals surface area contributed by atoms with Gasteiger partial charge in [0.2, 0.25) is 6.11 Å². The molecule has 1 saturated heterocycles. The minimum absolute atomic E-state index is 0.112. The van der Waals surface area contributed by atoms with Gasteiger partial charge in [0.25, 0.3) is 0 Å². The molecule has 1 saturated carbocycles. The standard InChI is InChI=1S/C28H38N2O2.C4F9O.Co/c1-27(2,3)21-13-9-11-19(25(21)31)17-29-23-15-7-8-16-24(23)30-18-20-12-10-14-22(26(20)32)28(4,5)6;5-1(2(6,7)8,3(9,10)11)4(12,13)14;/h9-14,17-18,23-24,31-32H,7-8,15-16H2,1-6H3;;/q;-1;+2. The Morgan fingerprint density at radius 3 is 1.26 bits per heavy atom. The van der Waals surface area contributed by atoms with Crippen molar-refractivity contribution < 1.29 is 77.2 Å². The molecule has 2 aromatic carbocycles. The topological polar surface area (TPSA) is 69.5 Å². The summed E-state index contributed by atoms with van der Waals surface area (Å²) in [7, 11) is 0. The summed E-state index contributed by atoms with van der Waals surface area (Å²) in [4.78, 5) is 0. The van der Waals surface area contributed by atoms with E-state index in [2.05, 4.69) is 61.2 Å². The van der Waals surface area contributed by atoms with Crippen LogP contribution in [0, 0.1) is 0 Å². The minimum Gasteiger partial charge on any atom is -0.795 e. The van der Waals surface area contributed by atoms with Gasteiger partial charge in [0.05, 0.1) is 0 Å². The SMILES string of the molecule is CC(C)(C)c1cccc(C=[N+]2[Co][N+](=Cc3cccc(C(C)(C)C)c3O)C3CCCCC32)c1O.[O-]C(F)(F)C(F)(C(F)(F)F)C(F)(F)F. The van der Waals surface area contributed by atoms with E-state index in [0.717, 1.165) is 50.2 Å². The van der Waals surface area contributed by atoms with E-state index in [-0.39, 0.29) is 10.8 Å². The Morgan fingerprint density at radius 1 is 0.660 bits per heavy atom. The number of hydrogen-bond acceptors (Lipinski definition) is 3. The van der Waals surface area contributed by atoms with Crippen LogP contribution >= 0.6 is 0 Å². The zero-order valence-corrected chi connectivity index (χ0v) is 27.6. The summed E-state index contributed by atoms with van der Waals surface area (Å²) in [5.41, 5.74) is -3.61. The summed E-state index contributed by atoms with van der Waals surface area (Å²) in [6.07, 6.45) is -11.9. The quantitative estimate of drug-likeness (QED) is 0.327. The number of aromatic hydroxyl groups is 2. The Morgan fingerprint density at radius 2 is 1.00 bits per heavy atom. The van der Waals surface area contributed by atoms with Crippen LogP contribution in [0.2, 0.25) is 0 Å². The molecular formula is C32H38CoF9N2O3+. The van der Waals surface area contributed by atoms with Gasteiger partial charge < -0.3 is 5.11 Å². The maximum atomic E-state index is 12.0. The van der Waals surface area contributed by atoms with E-state index in [1.54, 1.807) is 0 Å². The molecule has 4 rings (SSSR count). The smallest absolute Gasteiger partial charge is 0.436 e. The molecule has 0 radical (unpaired) electrons. The molecule has 47 heavy (non-hydrogen) atoms. The van der Waals surface area contributed by atoms with Gasteiger partial charge in [-0.1, -0.05) is 0 Å². The van der Waals surface area contributed by atoms with Crippen LogP contribution in [0.1, 0.15) is 89.5 Å². The molecule has 0 bridgehead atoms. The zero-order chi connectivity index (χ0) is 36.0.